The molecule has 1 N–H and O–H groups in total. The number of benzene rings is 2. The highest BCUT2D eigenvalue weighted by molar-refractivity contribution is 5.81. The van der Waals surface area contributed by atoms with Crippen molar-refractivity contribution in [3.05, 3.63) is 59.7 Å². The van der Waals surface area contributed by atoms with E-state index in [1.54, 1.807) is 13.2 Å². The molecule has 0 radical (unpaired) electrons. The largest absolute Gasteiger partial charge is 0.497 e. The smallest absolute Gasteiger partial charge is 0.416 e. The average Bonchev–Trinajstić information content (AvgIpc) is 2.77. The van der Waals surface area contributed by atoms with Crippen molar-refractivity contribution in [1.29, 1.82) is 0 Å². The number of carbonyl (C=O) groups is 1. The van der Waals surface area contributed by atoms with Crippen LogP contribution in [0.4, 0.5) is 18.9 Å². The quantitative estimate of drug-likeness (QED) is 0.775. The first kappa shape index (κ1) is 22.0. The molecular formula is C22H26F3N3O2. The predicted octanol–water partition coefficient (Wildman–Crippen LogP) is 3.54. The lowest BCUT2D eigenvalue weighted by Crippen LogP contribution is -2.53. The van der Waals surface area contributed by atoms with Gasteiger partial charge in [-0.25, -0.2) is 0 Å². The van der Waals surface area contributed by atoms with Gasteiger partial charge in [0.15, 0.2) is 0 Å². The molecule has 0 unspecified atom stereocenters. The van der Waals surface area contributed by atoms with Gasteiger partial charge in [0.25, 0.3) is 0 Å². The van der Waals surface area contributed by atoms with Gasteiger partial charge in [0.2, 0.25) is 5.91 Å². The third-order valence-corrected chi connectivity index (χ3v) is 5.40. The van der Waals surface area contributed by atoms with E-state index in [-0.39, 0.29) is 18.5 Å². The summed E-state index contributed by atoms with van der Waals surface area (Å²) >= 11 is 0. The second-order valence-corrected chi connectivity index (χ2v) is 7.31. The highest BCUT2D eigenvalue weighted by atomic mass is 19.4. The Morgan fingerprint density at radius 3 is 2.37 bits per heavy atom. The summed E-state index contributed by atoms with van der Waals surface area (Å²) in [5.41, 5.74) is 0.823. The van der Waals surface area contributed by atoms with E-state index in [4.69, 9.17) is 4.74 Å². The number of halogens is 3. The van der Waals surface area contributed by atoms with Crippen LogP contribution in [0.1, 0.15) is 18.1 Å². The van der Waals surface area contributed by atoms with Gasteiger partial charge >= 0.3 is 6.18 Å². The van der Waals surface area contributed by atoms with Crippen molar-refractivity contribution in [1.82, 2.24) is 10.2 Å². The van der Waals surface area contributed by atoms with Crippen LogP contribution in [0.15, 0.2) is 48.5 Å². The third kappa shape index (κ3) is 5.44. The molecular weight excluding hydrogens is 395 g/mol. The zero-order valence-corrected chi connectivity index (χ0v) is 17.1. The monoisotopic (exact) mass is 421 g/mol. The summed E-state index contributed by atoms with van der Waals surface area (Å²) < 4.78 is 43.7. The number of carbonyl (C=O) groups excluding carboxylic acids is 1. The third-order valence-electron chi connectivity index (χ3n) is 5.40. The van der Waals surface area contributed by atoms with Crippen LogP contribution in [0.5, 0.6) is 5.75 Å². The number of amides is 1. The number of anilines is 1. The van der Waals surface area contributed by atoms with Crippen molar-refractivity contribution in [3.8, 4) is 5.75 Å². The Kier molecular flexibility index (Phi) is 6.87. The second-order valence-electron chi connectivity index (χ2n) is 7.31. The first-order valence-corrected chi connectivity index (χ1v) is 9.85. The average molecular weight is 421 g/mol. The number of nitrogens with one attached hydrogen (secondary N) is 1. The van der Waals surface area contributed by atoms with Crippen LogP contribution in [0, 0.1) is 0 Å². The number of methoxy groups -OCH3 is 1. The van der Waals surface area contributed by atoms with Crippen molar-refractivity contribution in [3.63, 3.8) is 0 Å². The highest BCUT2D eigenvalue weighted by Crippen LogP contribution is 2.29. The zero-order chi connectivity index (χ0) is 21.7. The SMILES string of the molecule is COc1ccc(N2CCN([C@H](C)C(=O)NCc3cccc(C(F)(F)F)c3)CC2)cc1. The minimum Gasteiger partial charge on any atom is -0.497 e. The molecule has 30 heavy (non-hydrogen) atoms. The van der Waals surface area contributed by atoms with Crippen molar-refractivity contribution >= 4 is 11.6 Å². The van der Waals surface area contributed by atoms with Crippen LogP contribution >= 0.6 is 0 Å². The minimum atomic E-state index is -4.39. The number of nitrogens with zero attached hydrogens (tertiary/aromatic N) is 2. The summed E-state index contributed by atoms with van der Waals surface area (Å²) in [5, 5.41) is 2.75. The van der Waals surface area contributed by atoms with E-state index < -0.39 is 11.7 Å². The van der Waals surface area contributed by atoms with Gasteiger partial charge in [-0.1, -0.05) is 12.1 Å². The Bertz CT molecular complexity index is 847. The van der Waals surface area contributed by atoms with E-state index in [1.165, 1.54) is 6.07 Å². The van der Waals surface area contributed by atoms with Crippen molar-refractivity contribution in [2.24, 2.45) is 0 Å². The maximum absolute atomic E-state index is 12.8. The molecule has 0 spiro atoms. The molecule has 1 atom stereocenters. The zero-order valence-electron chi connectivity index (χ0n) is 17.1. The number of piperazine rings is 1. The maximum atomic E-state index is 12.8. The van der Waals surface area contributed by atoms with Gasteiger partial charge in [-0.15, -0.1) is 0 Å². The van der Waals surface area contributed by atoms with Crippen LogP contribution in [0.3, 0.4) is 0 Å². The molecule has 2 aromatic carbocycles. The van der Waals surface area contributed by atoms with Gasteiger partial charge in [-0.05, 0) is 48.9 Å². The van der Waals surface area contributed by atoms with Crippen LogP contribution in [-0.2, 0) is 17.5 Å². The molecule has 162 valence electrons. The van der Waals surface area contributed by atoms with Gasteiger partial charge in [0.1, 0.15) is 5.75 Å². The van der Waals surface area contributed by atoms with E-state index in [2.05, 4.69) is 15.1 Å². The van der Waals surface area contributed by atoms with Gasteiger partial charge in [0.05, 0.1) is 18.7 Å². The molecule has 0 saturated carbocycles. The van der Waals surface area contributed by atoms with Gasteiger partial charge in [0, 0.05) is 38.4 Å². The van der Waals surface area contributed by atoms with E-state index >= 15 is 0 Å². The molecule has 0 aromatic heterocycles. The number of hydrogen-bond donors (Lipinski definition) is 1. The molecule has 5 nitrogen and oxygen atoms in total. The Labute approximate surface area is 174 Å². The molecule has 1 heterocycles. The topological polar surface area (TPSA) is 44.8 Å². The Morgan fingerprint density at radius 2 is 1.77 bits per heavy atom. The summed E-state index contributed by atoms with van der Waals surface area (Å²) in [5.74, 6) is 0.619. The maximum Gasteiger partial charge on any atom is 0.416 e. The van der Waals surface area contributed by atoms with Crippen molar-refractivity contribution < 1.29 is 22.7 Å². The van der Waals surface area contributed by atoms with Crippen LogP contribution < -0.4 is 15.0 Å². The lowest BCUT2D eigenvalue weighted by molar-refractivity contribution is -0.137. The molecule has 3 rings (SSSR count). The summed E-state index contributed by atoms with van der Waals surface area (Å²) in [6.45, 7) is 4.92. The fraction of sp³-hybridized carbons (Fsp3) is 0.409. The molecule has 1 aliphatic heterocycles. The lowest BCUT2D eigenvalue weighted by atomic mass is 10.1. The summed E-state index contributed by atoms with van der Waals surface area (Å²) in [6.07, 6.45) is -4.39. The molecule has 1 amide bonds. The van der Waals surface area contributed by atoms with Crippen LogP contribution in [0.2, 0.25) is 0 Å². The Morgan fingerprint density at radius 1 is 1.10 bits per heavy atom. The Hall–Kier alpha value is -2.74. The van der Waals surface area contributed by atoms with Crippen molar-refractivity contribution in [2.75, 3.05) is 38.2 Å². The Balaban J connectivity index is 1.50. The fourth-order valence-corrected chi connectivity index (χ4v) is 3.52. The van der Waals surface area contributed by atoms with E-state index in [0.717, 1.165) is 49.7 Å². The molecule has 1 saturated heterocycles. The standard InChI is InChI=1S/C22H26F3N3O2/c1-16(21(29)26-15-17-4-3-5-18(14-17)22(23,24)25)27-10-12-28(13-11-27)19-6-8-20(30-2)9-7-19/h3-9,14,16H,10-13,15H2,1-2H3,(H,26,29)/t16-/m1/s1. The molecule has 1 fully saturated rings. The van der Waals surface area contributed by atoms with Gasteiger partial charge in [-0.2, -0.15) is 13.2 Å². The normalized spacial score (nSPS) is 16.2. The van der Waals surface area contributed by atoms with Crippen LogP contribution in [0.25, 0.3) is 0 Å². The van der Waals surface area contributed by atoms with E-state index in [0.29, 0.717) is 5.56 Å². The molecule has 1 aliphatic rings. The highest BCUT2D eigenvalue weighted by Gasteiger charge is 2.30. The number of ether oxygens (including phenoxy) is 1. The summed E-state index contributed by atoms with van der Waals surface area (Å²) in [4.78, 5) is 16.9. The first-order valence-electron chi connectivity index (χ1n) is 9.85. The second kappa shape index (κ2) is 9.38. The van der Waals surface area contributed by atoms with E-state index in [1.807, 2.05) is 31.2 Å². The lowest BCUT2D eigenvalue weighted by Gasteiger charge is -2.38. The number of alkyl halides is 3. The van der Waals surface area contributed by atoms with Gasteiger partial charge < -0.3 is 15.0 Å². The predicted molar refractivity (Wildman–Crippen MR) is 110 cm³/mol. The van der Waals surface area contributed by atoms with Crippen LogP contribution in [-0.4, -0.2) is 50.1 Å². The van der Waals surface area contributed by atoms with Crippen molar-refractivity contribution in [2.45, 2.75) is 25.7 Å². The minimum absolute atomic E-state index is 0.0684. The number of rotatable bonds is 6. The molecule has 2 aromatic rings. The molecule has 0 bridgehead atoms. The summed E-state index contributed by atoms with van der Waals surface area (Å²) in [6, 6.07) is 12.5. The fourth-order valence-electron chi connectivity index (χ4n) is 3.52. The number of hydrogen-bond acceptors (Lipinski definition) is 4. The first-order chi connectivity index (χ1) is 14.3. The van der Waals surface area contributed by atoms with E-state index in [9.17, 15) is 18.0 Å². The summed E-state index contributed by atoms with van der Waals surface area (Å²) in [7, 11) is 1.63. The van der Waals surface area contributed by atoms with Gasteiger partial charge in [-0.3, -0.25) is 9.69 Å². The molecule has 0 aliphatic carbocycles. The molecule has 8 heteroatoms.